The number of benzene rings is 2. The van der Waals surface area contributed by atoms with Crippen molar-refractivity contribution in [1.82, 2.24) is 10.6 Å². The zero-order valence-corrected chi connectivity index (χ0v) is 19.6. The van der Waals surface area contributed by atoms with E-state index in [9.17, 15) is 30.7 Å². The molecule has 192 valence electrons. The van der Waals surface area contributed by atoms with E-state index in [1.165, 1.54) is 7.11 Å². The van der Waals surface area contributed by atoms with Gasteiger partial charge in [0.2, 0.25) is 0 Å². The minimum absolute atomic E-state index is 0. The Labute approximate surface area is 205 Å². The third kappa shape index (κ3) is 6.08. The Bertz CT molecular complexity index is 896. The normalized spacial score (nSPS) is 19.1. The summed E-state index contributed by atoms with van der Waals surface area (Å²) in [5.74, 6) is 0.0629. The molecule has 3 nitrogen and oxygen atoms in total. The highest BCUT2D eigenvalue weighted by Crippen LogP contribution is 2.53. The summed E-state index contributed by atoms with van der Waals surface area (Å²) in [4.78, 5) is 0. The van der Waals surface area contributed by atoms with E-state index in [0.717, 1.165) is 31.0 Å². The molecule has 1 saturated heterocycles. The highest BCUT2D eigenvalue weighted by atomic mass is 35.5. The lowest BCUT2D eigenvalue weighted by atomic mass is 9.91. The fourth-order valence-electron chi connectivity index (χ4n) is 3.98. The average molecular weight is 537 g/mol. The number of hydrogen-bond acceptors (Lipinski definition) is 3. The first-order valence-electron chi connectivity index (χ1n) is 10.0. The van der Waals surface area contributed by atoms with Gasteiger partial charge in [-0.1, -0.05) is 36.4 Å². The first-order valence-corrected chi connectivity index (χ1v) is 10.0. The van der Waals surface area contributed by atoms with Crippen molar-refractivity contribution < 1.29 is 35.5 Å². The smallest absolute Gasteiger partial charge is 0.435 e. The van der Waals surface area contributed by atoms with Crippen molar-refractivity contribution in [3.63, 3.8) is 0 Å². The molecule has 1 heterocycles. The third-order valence-electron chi connectivity index (χ3n) is 5.63. The van der Waals surface area contributed by atoms with Gasteiger partial charge in [-0.2, -0.15) is 26.3 Å². The van der Waals surface area contributed by atoms with Crippen molar-refractivity contribution >= 4 is 24.8 Å². The van der Waals surface area contributed by atoms with Gasteiger partial charge in [0.05, 0.1) is 7.11 Å². The summed E-state index contributed by atoms with van der Waals surface area (Å²) in [5, 5.41) is 6.56. The van der Waals surface area contributed by atoms with Gasteiger partial charge in [-0.05, 0) is 37.1 Å². The van der Waals surface area contributed by atoms with Crippen LogP contribution in [0.5, 0.6) is 5.75 Å². The Morgan fingerprint density at radius 2 is 1.56 bits per heavy atom. The van der Waals surface area contributed by atoms with Crippen LogP contribution in [-0.2, 0) is 12.2 Å². The molecule has 1 aliphatic rings. The van der Waals surface area contributed by atoms with Crippen LogP contribution in [0.15, 0.2) is 48.5 Å². The zero-order chi connectivity index (χ0) is 23.6. The lowest BCUT2D eigenvalue weighted by molar-refractivity contribution is -0.348. The number of halogens is 9. The summed E-state index contributed by atoms with van der Waals surface area (Å²) in [5.41, 5.74) is -6.02. The van der Waals surface area contributed by atoms with E-state index in [4.69, 9.17) is 4.74 Å². The van der Waals surface area contributed by atoms with Gasteiger partial charge < -0.3 is 15.4 Å². The van der Waals surface area contributed by atoms with Crippen LogP contribution in [0.2, 0.25) is 0 Å². The fourth-order valence-corrected chi connectivity index (χ4v) is 3.98. The topological polar surface area (TPSA) is 33.3 Å². The third-order valence-corrected chi connectivity index (χ3v) is 5.63. The van der Waals surface area contributed by atoms with Crippen LogP contribution in [0, 0.1) is 0 Å². The molecule has 2 aromatic rings. The van der Waals surface area contributed by atoms with Crippen molar-refractivity contribution in [2.24, 2.45) is 0 Å². The molecule has 0 aromatic heterocycles. The van der Waals surface area contributed by atoms with Crippen LogP contribution < -0.4 is 15.4 Å². The maximum Gasteiger partial charge on any atom is 0.435 e. The van der Waals surface area contributed by atoms with Crippen molar-refractivity contribution in [2.45, 2.75) is 49.5 Å². The van der Waals surface area contributed by atoms with Crippen LogP contribution in [0.25, 0.3) is 0 Å². The Balaban J connectivity index is 0.00000289. The molecule has 1 aliphatic heterocycles. The standard InChI is InChI=1S/C22H23F7N2O.2ClH/c1-32-18-10-9-16(20(23,21(24,25)26)22(27,28)29)12-15(18)13-31-17-8-5-11-30-19(17)14-6-3-2-4-7-14;;/h2-4,6-7,9-10,12,17,19,30-31H,5,8,11,13H2,1H3;2*1H/t17-,19-;;/m0../s1. The second-order valence-electron chi connectivity index (χ2n) is 7.65. The fraction of sp³-hybridized carbons (Fsp3) is 0.455. The summed E-state index contributed by atoms with van der Waals surface area (Å²) in [6.07, 6.45) is -10.8. The lowest BCUT2D eigenvalue weighted by Gasteiger charge is -2.34. The molecule has 0 radical (unpaired) electrons. The van der Waals surface area contributed by atoms with Crippen LogP contribution in [-0.4, -0.2) is 32.0 Å². The SMILES string of the molecule is COc1ccc(C(F)(C(F)(F)F)C(F)(F)F)cc1CN[C@H]1CCCN[C@H]1c1ccccc1.Cl.Cl. The summed E-state index contributed by atoms with van der Waals surface area (Å²) >= 11 is 0. The molecule has 0 amide bonds. The van der Waals surface area contributed by atoms with Gasteiger partial charge in [-0.15, -0.1) is 24.8 Å². The predicted molar refractivity (Wildman–Crippen MR) is 119 cm³/mol. The van der Waals surface area contributed by atoms with E-state index < -0.39 is 23.6 Å². The molecule has 12 heteroatoms. The van der Waals surface area contributed by atoms with E-state index in [1.807, 2.05) is 30.3 Å². The van der Waals surface area contributed by atoms with Gasteiger partial charge in [0.25, 0.3) is 0 Å². The van der Waals surface area contributed by atoms with Crippen LogP contribution in [0.4, 0.5) is 30.7 Å². The second-order valence-corrected chi connectivity index (χ2v) is 7.65. The minimum Gasteiger partial charge on any atom is -0.496 e. The minimum atomic E-state index is -6.17. The molecule has 3 rings (SSSR count). The summed E-state index contributed by atoms with van der Waals surface area (Å²) in [6, 6.07) is 11.2. The van der Waals surface area contributed by atoms with E-state index in [2.05, 4.69) is 10.6 Å². The number of alkyl halides is 7. The van der Waals surface area contributed by atoms with Gasteiger partial charge in [0, 0.05) is 29.8 Å². The zero-order valence-electron chi connectivity index (χ0n) is 18.0. The maximum atomic E-state index is 14.5. The molecule has 34 heavy (non-hydrogen) atoms. The molecular weight excluding hydrogens is 512 g/mol. The van der Waals surface area contributed by atoms with Crippen LogP contribution in [0.3, 0.4) is 0 Å². The Morgan fingerprint density at radius 3 is 2.12 bits per heavy atom. The Morgan fingerprint density at radius 1 is 0.941 bits per heavy atom. The monoisotopic (exact) mass is 536 g/mol. The van der Waals surface area contributed by atoms with Crippen molar-refractivity contribution in [1.29, 1.82) is 0 Å². The molecule has 0 spiro atoms. The first-order chi connectivity index (χ1) is 15.0. The summed E-state index contributed by atoms with van der Waals surface area (Å²) < 4.78 is 98.6. The van der Waals surface area contributed by atoms with Gasteiger partial charge >= 0.3 is 18.0 Å². The lowest BCUT2D eigenvalue weighted by Crippen LogP contribution is -2.50. The molecule has 2 aromatic carbocycles. The number of rotatable bonds is 6. The number of nitrogens with one attached hydrogen (secondary N) is 2. The first kappa shape index (κ1) is 30.3. The van der Waals surface area contributed by atoms with E-state index >= 15 is 0 Å². The van der Waals surface area contributed by atoms with Crippen molar-refractivity contribution in [3.8, 4) is 5.75 Å². The number of piperidine rings is 1. The van der Waals surface area contributed by atoms with Crippen molar-refractivity contribution in [3.05, 3.63) is 65.2 Å². The van der Waals surface area contributed by atoms with Gasteiger partial charge in [0.1, 0.15) is 5.75 Å². The van der Waals surface area contributed by atoms with E-state index in [0.29, 0.717) is 12.1 Å². The van der Waals surface area contributed by atoms with Crippen molar-refractivity contribution in [2.75, 3.05) is 13.7 Å². The van der Waals surface area contributed by atoms with E-state index in [1.54, 1.807) is 0 Å². The second kappa shape index (κ2) is 11.8. The summed E-state index contributed by atoms with van der Waals surface area (Å²) in [6.45, 7) is 0.677. The molecule has 0 unspecified atom stereocenters. The number of methoxy groups -OCH3 is 1. The molecular formula is C22H25Cl2F7N2O. The quantitative estimate of drug-likeness (QED) is 0.418. The molecule has 2 atom stereocenters. The van der Waals surface area contributed by atoms with Gasteiger partial charge in [-0.3, -0.25) is 0 Å². The number of ether oxygens (including phenoxy) is 1. The number of hydrogen-bond donors (Lipinski definition) is 2. The molecule has 0 bridgehead atoms. The highest BCUT2D eigenvalue weighted by molar-refractivity contribution is 5.85. The Hall–Kier alpha value is -1.75. The van der Waals surface area contributed by atoms with Crippen LogP contribution in [0.1, 0.15) is 35.6 Å². The van der Waals surface area contributed by atoms with Crippen LogP contribution >= 0.6 is 24.8 Å². The Kier molecular flexibility index (Phi) is 10.5. The average Bonchev–Trinajstić information content (AvgIpc) is 2.76. The molecule has 1 fully saturated rings. The molecule has 0 saturated carbocycles. The summed E-state index contributed by atoms with van der Waals surface area (Å²) in [7, 11) is 1.24. The predicted octanol–water partition coefficient (Wildman–Crippen LogP) is 6.41. The largest absolute Gasteiger partial charge is 0.496 e. The maximum absolute atomic E-state index is 14.5. The van der Waals surface area contributed by atoms with Gasteiger partial charge in [-0.25, -0.2) is 4.39 Å². The highest BCUT2D eigenvalue weighted by Gasteiger charge is 2.73. The van der Waals surface area contributed by atoms with Gasteiger partial charge in [0.15, 0.2) is 0 Å². The van der Waals surface area contributed by atoms with E-state index in [-0.39, 0.29) is 54.8 Å². The molecule has 0 aliphatic carbocycles. The molecule has 2 N–H and O–H groups in total.